The molecule has 1 saturated heterocycles. The van der Waals surface area contributed by atoms with Gasteiger partial charge in [0.1, 0.15) is 0 Å². The molecule has 2 unspecified atom stereocenters. The minimum atomic E-state index is 0.528. The molecule has 0 radical (unpaired) electrons. The Hall–Kier alpha value is -0.300. The molecule has 2 bridgehead atoms. The van der Waals surface area contributed by atoms with Crippen LogP contribution < -0.4 is 5.32 Å². The third kappa shape index (κ3) is 2.31. The zero-order valence-electron chi connectivity index (χ0n) is 12.0. The van der Waals surface area contributed by atoms with Crippen LogP contribution in [-0.4, -0.2) is 13.1 Å². The fourth-order valence-electron chi connectivity index (χ4n) is 4.43. The molecule has 0 spiro atoms. The van der Waals surface area contributed by atoms with Gasteiger partial charge in [-0.25, -0.2) is 0 Å². The van der Waals surface area contributed by atoms with Gasteiger partial charge in [-0.05, 0) is 61.4 Å². The molecular weight excluding hydrogens is 206 g/mol. The first-order valence-electron chi connectivity index (χ1n) is 7.44. The molecule has 0 aromatic carbocycles. The molecule has 0 amide bonds. The number of hydrogen-bond acceptors (Lipinski definition) is 1. The van der Waals surface area contributed by atoms with E-state index in [0.717, 1.165) is 23.7 Å². The lowest BCUT2D eigenvalue weighted by Gasteiger charge is -2.49. The van der Waals surface area contributed by atoms with Gasteiger partial charge in [-0.1, -0.05) is 39.8 Å². The summed E-state index contributed by atoms with van der Waals surface area (Å²) in [5, 5.41) is 3.63. The van der Waals surface area contributed by atoms with E-state index < -0.39 is 0 Å². The molecule has 1 heterocycles. The molecule has 0 aromatic rings. The minimum absolute atomic E-state index is 0.528. The Labute approximate surface area is 107 Å². The van der Waals surface area contributed by atoms with Crippen molar-refractivity contribution in [1.29, 1.82) is 0 Å². The Morgan fingerprint density at radius 2 is 1.88 bits per heavy atom. The fourth-order valence-corrected chi connectivity index (χ4v) is 4.43. The van der Waals surface area contributed by atoms with E-state index in [4.69, 9.17) is 0 Å². The van der Waals surface area contributed by atoms with E-state index in [0.29, 0.717) is 5.41 Å². The first kappa shape index (κ1) is 13.1. The molecule has 1 heteroatoms. The number of nitrogens with one attached hydrogen (secondary N) is 1. The van der Waals surface area contributed by atoms with Gasteiger partial charge >= 0.3 is 0 Å². The molecule has 0 aromatic heterocycles. The molecule has 1 nitrogen and oxygen atoms in total. The summed E-state index contributed by atoms with van der Waals surface area (Å²) < 4.78 is 0. The minimum Gasteiger partial charge on any atom is -0.316 e. The van der Waals surface area contributed by atoms with E-state index in [1.165, 1.54) is 32.4 Å². The molecule has 1 aliphatic carbocycles. The Morgan fingerprint density at radius 1 is 1.18 bits per heavy atom. The van der Waals surface area contributed by atoms with E-state index >= 15 is 0 Å². The summed E-state index contributed by atoms with van der Waals surface area (Å²) >= 11 is 0. The van der Waals surface area contributed by atoms with Crippen molar-refractivity contribution in [3.05, 3.63) is 12.2 Å². The predicted molar refractivity (Wildman–Crippen MR) is 74.9 cm³/mol. The molecule has 17 heavy (non-hydrogen) atoms. The van der Waals surface area contributed by atoms with E-state index in [2.05, 4.69) is 45.2 Å². The molecule has 98 valence electrons. The van der Waals surface area contributed by atoms with Gasteiger partial charge in [0.15, 0.2) is 0 Å². The SMILES string of the molecule is CC(C)C1(C(C)C)CC2CC=CC1CCNC2. The summed E-state index contributed by atoms with van der Waals surface area (Å²) in [6.45, 7) is 12.2. The number of hydrogen-bond donors (Lipinski definition) is 1. The Bertz CT molecular complexity index is 269. The maximum Gasteiger partial charge on any atom is -0.00173 e. The number of fused-ring (bicyclic) bond motifs is 3. The van der Waals surface area contributed by atoms with Crippen LogP contribution in [0.2, 0.25) is 0 Å². The second kappa shape index (κ2) is 5.14. The van der Waals surface area contributed by atoms with Crippen LogP contribution in [0.3, 0.4) is 0 Å². The highest BCUT2D eigenvalue weighted by molar-refractivity contribution is 5.07. The van der Waals surface area contributed by atoms with Gasteiger partial charge < -0.3 is 5.32 Å². The quantitative estimate of drug-likeness (QED) is 0.717. The van der Waals surface area contributed by atoms with Crippen LogP contribution in [0.1, 0.15) is 47.0 Å². The summed E-state index contributed by atoms with van der Waals surface area (Å²) in [4.78, 5) is 0. The highest BCUT2D eigenvalue weighted by Gasteiger charge is 2.45. The molecule has 2 atom stereocenters. The lowest BCUT2D eigenvalue weighted by Crippen LogP contribution is -2.45. The lowest BCUT2D eigenvalue weighted by molar-refractivity contribution is 0.0184. The average molecular weight is 235 g/mol. The third-order valence-corrected chi connectivity index (χ3v) is 5.39. The van der Waals surface area contributed by atoms with E-state index in [1.54, 1.807) is 0 Å². The predicted octanol–water partition coefficient (Wildman–Crippen LogP) is 3.86. The molecule has 2 rings (SSSR count). The maximum atomic E-state index is 3.63. The fraction of sp³-hybridized carbons (Fsp3) is 0.875. The Balaban J connectivity index is 2.38. The maximum absolute atomic E-state index is 3.63. The topological polar surface area (TPSA) is 12.0 Å². The Morgan fingerprint density at radius 3 is 2.53 bits per heavy atom. The Kier molecular flexibility index (Phi) is 3.97. The van der Waals surface area contributed by atoms with Crippen LogP contribution in [0.15, 0.2) is 12.2 Å². The van der Waals surface area contributed by atoms with Gasteiger partial charge in [-0.3, -0.25) is 0 Å². The van der Waals surface area contributed by atoms with Gasteiger partial charge in [0.05, 0.1) is 0 Å². The first-order chi connectivity index (χ1) is 8.07. The van der Waals surface area contributed by atoms with Crippen molar-refractivity contribution in [1.82, 2.24) is 5.32 Å². The third-order valence-electron chi connectivity index (χ3n) is 5.39. The van der Waals surface area contributed by atoms with Crippen molar-refractivity contribution >= 4 is 0 Å². The zero-order valence-corrected chi connectivity index (χ0v) is 12.0. The van der Waals surface area contributed by atoms with Crippen LogP contribution in [0.5, 0.6) is 0 Å². The monoisotopic (exact) mass is 235 g/mol. The van der Waals surface area contributed by atoms with Crippen LogP contribution in [-0.2, 0) is 0 Å². The van der Waals surface area contributed by atoms with Crippen LogP contribution in [0.4, 0.5) is 0 Å². The standard InChI is InChI=1S/C16H29N/c1-12(2)16(13(3)4)10-14-6-5-7-15(16)8-9-17-11-14/h5,7,12-15,17H,6,8-11H2,1-4H3. The highest BCUT2D eigenvalue weighted by Crippen LogP contribution is 2.52. The van der Waals surface area contributed by atoms with Gasteiger partial charge in [0.2, 0.25) is 0 Å². The number of allylic oxidation sites excluding steroid dienone is 2. The zero-order chi connectivity index (χ0) is 12.5. The van der Waals surface area contributed by atoms with Gasteiger partial charge in [-0.15, -0.1) is 0 Å². The van der Waals surface area contributed by atoms with E-state index in [9.17, 15) is 0 Å². The molecule has 1 aliphatic heterocycles. The number of rotatable bonds is 2. The van der Waals surface area contributed by atoms with Crippen molar-refractivity contribution in [2.45, 2.75) is 47.0 Å². The summed E-state index contributed by atoms with van der Waals surface area (Å²) in [6.07, 6.45) is 9.03. The summed E-state index contributed by atoms with van der Waals surface area (Å²) in [5.74, 6) is 3.20. The average Bonchev–Trinajstić information content (AvgIpc) is 2.32. The van der Waals surface area contributed by atoms with Gasteiger partial charge in [0.25, 0.3) is 0 Å². The smallest absolute Gasteiger partial charge is 0.00173 e. The lowest BCUT2D eigenvalue weighted by atomic mass is 9.57. The van der Waals surface area contributed by atoms with Crippen molar-refractivity contribution in [3.8, 4) is 0 Å². The molecular formula is C16H29N. The van der Waals surface area contributed by atoms with Gasteiger partial charge in [-0.2, -0.15) is 0 Å². The first-order valence-corrected chi connectivity index (χ1v) is 7.44. The van der Waals surface area contributed by atoms with Crippen LogP contribution in [0.25, 0.3) is 0 Å². The summed E-state index contributed by atoms with van der Waals surface area (Å²) in [6, 6.07) is 0. The van der Waals surface area contributed by atoms with Crippen molar-refractivity contribution in [2.24, 2.45) is 29.1 Å². The summed E-state index contributed by atoms with van der Waals surface area (Å²) in [5.41, 5.74) is 0.528. The summed E-state index contributed by atoms with van der Waals surface area (Å²) in [7, 11) is 0. The molecule has 1 fully saturated rings. The van der Waals surface area contributed by atoms with Gasteiger partial charge in [0, 0.05) is 0 Å². The van der Waals surface area contributed by atoms with E-state index in [1.807, 2.05) is 0 Å². The molecule has 0 saturated carbocycles. The van der Waals surface area contributed by atoms with Crippen molar-refractivity contribution < 1.29 is 0 Å². The molecule has 1 N–H and O–H groups in total. The van der Waals surface area contributed by atoms with Crippen molar-refractivity contribution in [2.75, 3.05) is 13.1 Å². The van der Waals surface area contributed by atoms with E-state index in [-0.39, 0.29) is 0 Å². The molecule has 2 aliphatic rings. The van der Waals surface area contributed by atoms with Crippen molar-refractivity contribution in [3.63, 3.8) is 0 Å². The second-order valence-corrected chi connectivity index (χ2v) is 6.76. The largest absolute Gasteiger partial charge is 0.316 e. The second-order valence-electron chi connectivity index (χ2n) is 6.76. The van der Waals surface area contributed by atoms with Crippen LogP contribution >= 0.6 is 0 Å². The van der Waals surface area contributed by atoms with Crippen LogP contribution in [0, 0.1) is 29.1 Å². The highest BCUT2D eigenvalue weighted by atomic mass is 14.9. The normalized spacial score (nSPS) is 32.6.